The van der Waals surface area contributed by atoms with E-state index in [1.165, 1.54) is 22.3 Å². The Morgan fingerprint density at radius 2 is 1.90 bits per heavy atom. The maximum Gasteiger partial charge on any atom is 0.0473 e. The Kier molecular flexibility index (Phi) is 5.40. The maximum atomic E-state index is 6.06. The number of aryl methyl sites for hydroxylation is 2. The number of halogens is 1. The molecule has 21 heavy (non-hydrogen) atoms. The van der Waals surface area contributed by atoms with Gasteiger partial charge in [0.05, 0.1) is 0 Å². The van der Waals surface area contributed by atoms with E-state index in [2.05, 4.69) is 50.1 Å². The summed E-state index contributed by atoms with van der Waals surface area (Å²) in [5.74, 6) is 0. The van der Waals surface area contributed by atoms with Gasteiger partial charge in [0.2, 0.25) is 0 Å². The summed E-state index contributed by atoms with van der Waals surface area (Å²) in [4.78, 5) is 2.29. The molecule has 0 aliphatic rings. The molecule has 2 aromatic carbocycles. The van der Waals surface area contributed by atoms with Crippen molar-refractivity contribution in [3.8, 4) is 0 Å². The summed E-state index contributed by atoms with van der Waals surface area (Å²) < 4.78 is 0. The minimum Gasteiger partial charge on any atom is -0.329 e. The molecule has 2 N–H and O–H groups in total. The lowest BCUT2D eigenvalue weighted by molar-refractivity contribution is 0.241. The molecule has 0 bridgehead atoms. The molecular formula is C18H23ClN2. The number of rotatable bonds is 5. The van der Waals surface area contributed by atoms with Crippen LogP contribution in [0.4, 0.5) is 0 Å². The third-order valence-corrected chi connectivity index (χ3v) is 4.11. The van der Waals surface area contributed by atoms with Crippen LogP contribution in [0.2, 0.25) is 5.02 Å². The predicted octanol–water partition coefficient (Wildman–Crippen LogP) is 4.09. The summed E-state index contributed by atoms with van der Waals surface area (Å²) >= 11 is 6.06. The van der Waals surface area contributed by atoms with Gasteiger partial charge in [-0.1, -0.05) is 47.5 Å². The van der Waals surface area contributed by atoms with Crippen molar-refractivity contribution in [2.45, 2.75) is 26.4 Å². The largest absolute Gasteiger partial charge is 0.329 e. The van der Waals surface area contributed by atoms with Crippen LogP contribution in [0.3, 0.4) is 0 Å². The summed E-state index contributed by atoms with van der Waals surface area (Å²) in [5, 5.41) is 0.775. The van der Waals surface area contributed by atoms with Crippen molar-refractivity contribution in [2.75, 3.05) is 13.6 Å². The summed E-state index contributed by atoms with van der Waals surface area (Å²) in [6.07, 6.45) is 0. The lowest BCUT2D eigenvalue weighted by Crippen LogP contribution is -2.30. The van der Waals surface area contributed by atoms with Crippen molar-refractivity contribution in [1.82, 2.24) is 4.90 Å². The second-order valence-corrected chi connectivity index (χ2v) is 6.09. The predicted molar refractivity (Wildman–Crippen MR) is 90.6 cm³/mol. The first kappa shape index (κ1) is 16.0. The second-order valence-electron chi connectivity index (χ2n) is 5.66. The molecule has 112 valence electrons. The first-order valence-electron chi connectivity index (χ1n) is 7.23. The Bertz CT molecular complexity index is 610. The van der Waals surface area contributed by atoms with Gasteiger partial charge in [-0.2, -0.15) is 0 Å². The molecule has 0 radical (unpaired) electrons. The van der Waals surface area contributed by atoms with Gasteiger partial charge >= 0.3 is 0 Å². The number of nitrogens with zero attached hydrogens (tertiary/aromatic N) is 1. The zero-order chi connectivity index (χ0) is 15.4. The zero-order valence-corrected chi connectivity index (χ0v) is 13.7. The van der Waals surface area contributed by atoms with Gasteiger partial charge in [0.25, 0.3) is 0 Å². The number of hydrogen-bond acceptors (Lipinski definition) is 2. The van der Waals surface area contributed by atoms with Crippen LogP contribution in [0.25, 0.3) is 0 Å². The number of hydrogen-bond donors (Lipinski definition) is 1. The molecule has 0 saturated heterocycles. The smallest absolute Gasteiger partial charge is 0.0473 e. The summed E-state index contributed by atoms with van der Waals surface area (Å²) in [6.45, 7) is 5.69. The first-order chi connectivity index (χ1) is 10.0. The van der Waals surface area contributed by atoms with E-state index >= 15 is 0 Å². The van der Waals surface area contributed by atoms with Gasteiger partial charge in [0.15, 0.2) is 0 Å². The first-order valence-corrected chi connectivity index (χ1v) is 7.61. The third-order valence-electron chi connectivity index (χ3n) is 3.87. The molecule has 0 aliphatic carbocycles. The lowest BCUT2D eigenvalue weighted by Gasteiger charge is -2.29. The Hall–Kier alpha value is -1.35. The van der Waals surface area contributed by atoms with E-state index in [-0.39, 0.29) is 6.04 Å². The molecule has 1 unspecified atom stereocenters. The van der Waals surface area contributed by atoms with E-state index in [0.29, 0.717) is 6.54 Å². The van der Waals surface area contributed by atoms with Gasteiger partial charge in [-0.15, -0.1) is 0 Å². The van der Waals surface area contributed by atoms with Gasteiger partial charge in [0.1, 0.15) is 0 Å². The van der Waals surface area contributed by atoms with Crippen molar-refractivity contribution in [3.05, 3.63) is 69.7 Å². The van der Waals surface area contributed by atoms with Crippen molar-refractivity contribution >= 4 is 11.6 Å². The molecule has 2 rings (SSSR count). The van der Waals surface area contributed by atoms with Crippen molar-refractivity contribution in [2.24, 2.45) is 5.73 Å². The van der Waals surface area contributed by atoms with Crippen LogP contribution in [0.1, 0.15) is 28.3 Å². The van der Waals surface area contributed by atoms with Crippen molar-refractivity contribution in [1.29, 1.82) is 0 Å². The molecule has 0 aliphatic heterocycles. The molecule has 0 saturated carbocycles. The quantitative estimate of drug-likeness (QED) is 0.901. The minimum atomic E-state index is 0.212. The fourth-order valence-corrected chi connectivity index (χ4v) is 2.91. The fraction of sp³-hybridized carbons (Fsp3) is 0.333. The van der Waals surface area contributed by atoms with Crippen LogP contribution >= 0.6 is 11.6 Å². The standard InChI is InChI=1S/C18H23ClN2/c1-13-7-8-14(2)17(9-13)18(11-20)21(3)12-15-5-4-6-16(19)10-15/h4-10,18H,11-12,20H2,1-3H3. The number of benzene rings is 2. The highest BCUT2D eigenvalue weighted by Crippen LogP contribution is 2.25. The molecule has 0 aromatic heterocycles. The third kappa shape index (κ3) is 4.07. The highest BCUT2D eigenvalue weighted by molar-refractivity contribution is 6.30. The van der Waals surface area contributed by atoms with Gasteiger partial charge in [0, 0.05) is 24.2 Å². The minimum absolute atomic E-state index is 0.212. The van der Waals surface area contributed by atoms with Crippen molar-refractivity contribution in [3.63, 3.8) is 0 Å². The molecule has 0 amide bonds. The van der Waals surface area contributed by atoms with E-state index < -0.39 is 0 Å². The average molecular weight is 303 g/mol. The molecule has 0 fully saturated rings. The molecular weight excluding hydrogens is 280 g/mol. The van der Waals surface area contributed by atoms with Crippen LogP contribution < -0.4 is 5.73 Å². The average Bonchev–Trinajstić information content (AvgIpc) is 2.43. The molecule has 1 atom stereocenters. The Morgan fingerprint density at radius 1 is 1.14 bits per heavy atom. The Morgan fingerprint density at radius 3 is 2.57 bits per heavy atom. The van der Waals surface area contributed by atoms with Crippen molar-refractivity contribution < 1.29 is 0 Å². The molecule has 2 aromatic rings. The van der Waals surface area contributed by atoms with Crippen LogP contribution in [-0.4, -0.2) is 18.5 Å². The van der Waals surface area contributed by atoms with Crippen LogP contribution in [0, 0.1) is 13.8 Å². The summed E-state index contributed by atoms with van der Waals surface area (Å²) in [5.41, 5.74) is 11.1. The van der Waals surface area contributed by atoms with E-state index in [1.54, 1.807) is 0 Å². The Labute approximate surface area is 132 Å². The monoisotopic (exact) mass is 302 g/mol. The topological polar surface area (TPSA) is 29.3 Å². The summed E-state index contributed by atoms with van der Waals surface area (Å²) in [6, 6.07) is 14.7. The number of likely N-dealkylation sites (N-methyl/N-ethyl adjacent to an activating group) is 1. The highest BCUT2D eigenvalue weighted by atomic mass is 35.5. The maximum absolute atomic E-state index is 6.06. The SMILES string of the molecule is Cc1ccc(C)c(C(CN)N(C)Cc2cccc(Cl)c2)c1. The zero-order valence-electron chi connectivity index (χ0n) is 12.9. The molecule has 0 heterocycles. The molecule has 2 nitrogen and oxygen atoms in total. The van der Waals surface area contributed by atoms with E-state index in [4.69, 9.17) is 17.3 Å². The lowest BCUT2D eigenvalue weighted by atomic mass is 9.97. The van der Waals surface area contributed by atoms with Crippen LogP contribution in [0.15, 0.2) is 42.5 Å². The fourth-order valence-electron chi connectivity index (χ4n) is 2.70. The van der Waals surface area contributed by atoms with Gasteiger partial charge < -0.3 is 5.73 Å². The second kappa shape index (κ2) is 7.08. The Balaban J connectivity index is 2.22. The van der Waals surface area contributed by atoms with E-state index in [1.807, 2.05) is 18.2 Å². The van der Waals surface area contributed by atoms with Crippen LogP contribution in [0.5, 0.6) is 0 Å². The van der Waals surface area contributed by atoms with E-state index in [9.17, 15) is 0 Å². The molecule has 3 heteroatoms. The number of nitrogens with two attached hydrogens (primary N) is 1. The highest BCUT2D eigenvalue weighted by Gasteiger charge is 2.17. The normalized spacial score (nSPS) is 12.7. The molecule has 0 spiro atoms. The van der Waals surface area contributed by atoms with E-state index in [0.717, 1.165) is 11.6 Å². The van der Waals surface area contributed by atoms with Gasteiger partial charge in [-0.05, 0) is 49.7 Å². The van der Waals surface area contributed by atoms with Crippen LogP contribution in [-0.2, 0) is 6.54 Å². The van der Waals surface area contributed by atoms with Gasteiger partial charge in [-0.3, -0.25) is 4.90 Å². The summed E-state index contributed by atoms with van der Waals surface area (Å²) in [7, 11) is 2.11. The van der Waals surface area contributed by atoms with Gasteiger partial charge in [-0.25, -0.2) is 0 Å².